The summed E-state index contributed by atoms with van der Waals surface area (Å²) in [6.07, 6.45) is 0. The standard InChI is InChI=1S/C19H14ClN3O/c1-11-15(9-21)19(16(10-22)12(2)23-11)18-8-7-17(24-18)13-3-5-14(20)6-4-13/h3-8,19,23H,1-2H3. The molecule has 1 N–H and O–H groups in total. The van der Waals surface area contributed by atoms with E-state index in [1.165, 1.54) is 0 Å². The zero-order valence-corrected chi connectivity index (χ0v) is 14.0. The second-order valence-corrected chi connectivity index (χ2v) is 6.00. The quantitative estimate of drug-likeness (QED) is 0.848. The van der Waals surface area contributed by atoms with E-state index in [0.29, 0.717) is 27.7 Å². The van der Waals surface area contributed by atoms with Crippen LogP contribution in [0.25, 0.3) is 11.3 Å². The van der Waals surface area contributed by atoms with Crippen LogP contribution in [0.5, 0.6) is 0 Å². The molecular formula is C19H14ClN3O. The Morgan fingerprint density at radius 1 is 0.958 bits per heavy atom. The predicted molar refractivity (Wildman–Crippen MR) is 91.7 cm³/mol. The first-order valence-corrected chi connectivity index (χ1v) is 7.77. The molecule has 2 heterocycles. The Morgan fingerprint density at radius 2 is 1.54 bits per heavy atom. The van der Waals surface area contributed by atoms with Crippen LogP contribution in [0.4, 0.5) is 0 Å². The summed E-state index contributed by atoms with van der Waals surface area (Å²) < 4.78 is 5.97. The Balaban J connectivity index is 2.07. The maximum absolute atomic E-state index is 9.51. The summed E-state index contributed by atoms with van der Waals surface area (Å²) in [6.45, 7) is 3.65. The first-order chi connectivity index (χ1) is 11.5. The number of dihydropyridines is 1. The van der Waals surface area contributed by atoms with E-state index in [-0.39, 0.29) is 0 Å². The molecule has 1 aromatic carbocycles. The molecule has 0 unspecified atom stereocenters. The maximum atomic E-state index is 9.51. The van der Waals surface area contributed by atoms with Gasteiger partial charge in [-0.2, -0.15) is 10.5 Å². The molecular weight excluding hydrogens is 322 g/mol. The molecule has 0 bridgehead atoms. The van der Waals surface area contributed by atoms with Crippen molar-refractivity contribution in [2.45, 2.75) is 19.8 Å². The Labute approximate surface area is 145 Å². The summed E-state index contributed by atoms with van der Waals surface area (Å²) in [5.74, 6) is 0.764. The Bertz CT molecular complexity index is 900. The van der Waals surface area contributed by atoms with Crippen LogP contribution in [0.1, 0.15) is 25.5 Å². The van der Waals surface area contributed by atoms with Crippen LogP contribution in [0.15, 0.2) is 63.4 Å². The van der Waals surface area contributed by atoms with Crippen LogP contribution in [0, 0.1) is 22.7 Å². The van der Waals surface area contributed by atoms with Gasteiger partial charge in [-0.1, -0.05) is 11.6 Å². The topological polar surface area (TPSA) is 72.8 Å². The number of hydrogen-bond acceptors (Lipinski definition) is 4. The lowest BCUT2D eigenvalue weighted by Gasteiger charge is -2.24. The first-order valence-electron chi connectivity index (χ1n) is 7.39. The molecule has 24 heavy (non-hydrogen) atoms. The normalized spacial score (nSPS) is 15.0. The van der Waals surface area contributed by atoms with Gasteiger partial charge >= 0.3 is 0 Å². The molecule has 1 aliphatic rings. The monoisotopic (exact) mass is 335 g/mol. The molecule has 1 aromatic heterocycles. The van der Waals surface area contributed by atoms with E-state index in [0.717, 1.165) is 17.0 Å². The lowest BCUT2D eigenvalue weighted by Crippen LogP contribution is -2.23. The third-order valence-electron chi connectivity index (χ3n) is 4.04. The summed E-state index contributed by atoms with van der Waals surface area (Å²) >= 11 is 5.91. The number of halogens is 1. The minimum absolute atomic E-state index is 0.484. The number of benzene rings is 1. The summed E-state index contributed by atoms with van der Waals surface area (Å²) in [5.41, 5.74) is 3.35. The number of furan rings is 1. The predicted octanol–water partition coefficient (Wildman–Crippen LogP) is 4.88. The molecule has 0 amide bonds. The molecule has 0 atom stereocenters. The van der Waals surface area contributed by atoms with Crippen molar-refractivity contribution in [3.8, 4) is 23.5 Å². The van der Waals surface area contributed by atoms with E-state index in [9.17, 15) is 10.5 Å². The molecule has 0 radical (unpaired) electrons. The molecule has 0 fully saturated rings. The average Bonchev–Trinajstić information content (AvgIpc) is 3.04. The van der Waals surface area contributed by atoms with Crippen molar-refractivity contribution < 1.29 is 4.42 Å². The Hall–Kier alpha value is -2.95. The second-order valence-electron chi connectivity index (χ2n) is 5.57. The fourth-order valence-electron chi connectivity index (χ4n) is 2.85. The molecule has 118 valence electrons. The van der Waals surface area contributed by atoms with E-state index in [4.69, 9.17) is 16.0 Å². The van der Waals surface area contributed by atoms with Crippen molar-refractivity contribution in [1.82, 2.24) is 5.32 Å². The molecule has 4 nitrogen and oxygen atoms in total. The highest BCUT2D eigenvalue weighted by Gasteiger charge is 2.31. The highest BCUT2D eigenvalue weighted by molar-refractivity contribution is 6.30. The molecule has 0 saturated carbocycles. The van der Waals surface area contributed by atoms with Crippen LogP contribution in [0.3, 0.4) is 0 Å². The molecule has 2 aromatic rings. The number of hydrogen-bond donors (Lipinski definition) is 1. The van der Waals surface area contributed by atoms with Gasteiger partial charge in [-0.3, -0.25) is 0 Å². The minimum Gasteiger partial charge on any atom is -0.460 e. The maximum Gasteiger partial charge on any atom is 0.134 e. The number of rotatable bonds is 2. The number of nitrogens with one attached hydrogen (secondary N) is 1. The third kappa shape index (κ3) is 2.69. The van der Waals surface area contributed by atoms with E-state index in [1.54, 1.807) is 12.1 Å². The third-order valence-corrected chi connectivity index (χ3v) is 4.29. The number of nitrogens with zero attached hydrogens (tertiary/aromatic N) is 2. The smallest absolute Gasteiger partial charge is 0.134 e. The van der Waals surface area contributed by atoms with Crippen molar-refractivity contribution in [3.05, 3.63) is 69.7 Å². The van der Waals surface area contributed by atoms with Gasteiger partial charge < -0.3 is 9.73 Å². The highest BCUT2D eigenvalue weighted by atomic mass is 35.5. The number of nitriles is 2. The van der Waals surface area contributed by atoms with Gasteiger partial charge in [-0.15, -0.1) is 0 Å². The second kappa shape index (κ2) is 6.28. The number of allylic oxidation sites excluding steroid dienone is 4. The molecule has 3 rings (SSSR count). The van der Waals surface area contributed by atoms with Gasteiger partial charge in [0.2, 0.25) is 0 Å². The summed E-state index contributed by atoms with van der Waals surface area (Å²) in [5, 5.41) is 22.8. The molecule has 1 aliphatic heterocycles. The lowest BCUT2D eigenvalue weighted by atomic mass is 9.85. The van der Waals surface area contributed by atoms with Crippen molar-refractivity contribution >= 4 is 11.6 Å². The average molecular weight is 336 g/mol. The van der Waals surface area contributed by atoms with Crippen LogP contribution in [0.2, 0.25) is 5.02 Å². The van der Waals surface area contributed by atoms with E-state index < -0.39 is 5.92 Å². The van der Waals surface area contributed by atoms with Crippen LogP contribution < -0.4 is 5.32 Å². The van der Waals surface area contributed by atoms with Crippen molar-refractivity contribution in [3.63, 3.8) is 0 Å². The van der Waals surface area contributed by atoms with Gasteiger partial charge in [0, 0.05) is 22.0 Å². The van der Waals surface area contributed by atoms with Crippen molar-refractivity contribution in [2.75, 3.05) is 0 Å². The van der Waals surface area contributed by atoms with Gasteiger partial charge in [0.05, 0.1) is 29.2 Å². The van der Waals surface area contributed by atoms with Crippen LogP contribution >= 0.6 is 11.6 Å². The zero-order chi connectivity index (χ0) is 17.3. The van der Waals surface area contributed by atoms with Gasteiger partial charge in [0.15, 0.2) is 0 Å². The molecule has 0 spiro atoms. The highest BCUT2D eigenvalue weighted by Crippen LogP contribution is 2.39. The van der Waals surface area contributed by atoms with E-state index in [2.05, 4.69) is 17.5 Å². The fraction of sp³-hybridized carbons (Fsp3) is 0.158. The summed E-state index contributed by atoms with van der Waals surface area (Å²) in [6, 6.07) is 15.4. The van der Waals surface area contributed by atoms with E-state index in [1.807, 2.05) is 38.1 Å². The molecule has 0 saturated heterocycles. The molecule has 5 heteroatoms. The van der Waals surface area contributed by atoms with Gasteiger partial charge in [0.1, 0.15) is 11.5 Å². The minimum atomic E-state index is -0.484. The SMILES string of the molecule is CC1=C(C#N)C(c2ccc(-c3ccc(Cl)cc3)o2)C(C#N)=C(C)N1. The van der Waals surface area contributed by atoms with Gasteiger partial charge in [0.25, 0.3) is 0 Å². The first kappa shape index (κ1) is 15.9. The van der Waals surface area contributed by atoms with Crippen molar-refractivity contribution in [1.29, 1.82) is 10.5 Å². The summed E-state index contributed by atoms with van der Waals surface area (Å²) in [4.78, 5) is 0. The van der Waals surface area contributed by atoms with E-state index >= 15 is 0 Å². The zero-order valence-electron chi connectivity index (χ0n) is 13.2. The van der Waals surface area contributed by atoms with Crippen molar-refractivity contribution in [2.24, 2.45) is 0 Å². The largest absolute Gasteiger partial charge is 0.460 e. The van der Waals surface area contributed by atoms with Gasteiger partial charge in [-0.25, -0.2) is 0 Å². The Kier molecular flexibility index (Phi) is 4.16. The summed E-state index contributed by atoms with van der Waals surface area (Å²) in [7, 11) is 0. The van der Waals surface area contributed by atoms with Gasteiger partial charge in [-0.05, 0) is 50.2 Å². The lowest BCUT2D eigenvalue weighted by molar-refractivity contribution is 0.511. The van der Waals surface area contributed by atoms with Crippen LogP contribution in [-0.4, -0.2) is 0 Å². The Morgan fingerprint density at radius 3 is 2.08 bits per heavy atom. The van der Waals surface area contributed by atoms with Crippen LogP contribution in [-0.2, 0) is 0 Å². The fourth-order valence-corrected chi connectivity index (χ4v) is 2.98. The molecule has 0 aliphatic carbocycles.